The summed E-state index contributed by atoms with van der Waals surface area (Å²) in [6, 6.07) is 13.3. The van der Waals surface area contributed by atoms with Crippen molar-refractivity contribution >= 4 is 16.9 Å². The second kappa shape index (κ2) is 4.74. The van der Waals surface area contributed by atoms with E-state index in [-0.39, 0.29) is 11.1 Å². The number of hydrogen-bond donors (Lipinski definition) is 1. The number of carbonyl (C=O) groups is 1. The average molecular weight is 267 g/mol. The molecule has 0 amide bonds. The molecule has 0 radical (unpaired) electrons. The maximum Gasteiger partial charge on any atom is 0.338 e. The molecule has 0 atom stereocenters. The van der Waals surface area contributed by atoms with Crippen LogP contribution in [0.1, 0.15) is 10.4 Å². The van der Waals surface area contributed by atoms with E-state index in [2.05, 4.69) is 4.98 Å². The SMILES string of the molecule is O=C(O)c1cccc(-c2cccc3ncccc23)c1F. The van der Waals surface area contributed by atoms with Gasteiger partial charge in [-0.2, -0.15) is 0 Å². The van der Waals surface area contributed by atoms with Crippen LogP contribution < -0.4 is 0 Å². The fourth-order valence-corrected chi connectivity index (χ4v) is 2.24. The third kappa shape index (κ3) is 1.91. The molecule has 0 aliphatic rings. The van der Waals surface area contributed by atoms with Crippen LogP contribution in [-0.4, -0.2) is 16.1 Å². The lowest BCUT2D eigenvalue weighted by molar-refractivity contribution is 0.0692. The van der Waals surface area contributed by atoms with Crippen molar-refractivity contribution in [3.05, 3.63) is 66.1 Å². The smallest absolute Gasteiger partial charge is 0.338 e. The zero-order chi connectivity index (χ0) is 14.1. The minimum Gasteiger partial charge on any atom is -0.478 e. The van der Waals surface area contributed by atoms with Gasteiger partial charge in [-0.1, -0.05) is 30.3 Å². The number of pyridine rings is 1. The summed E-state index contributed by atoms with van der Waals surface area (Å²) in [4.78, 5) is 15.2. The number of hydrogen-bond acceptors (Lipinski definition) is 2. The minimum absolute atomic E-state index is 0.267. The molecular formula is C16H10FNO2. The Labute approximate surface area is 114 Å². The molecule has 20 heavy (non-hydrogen) atoms. The molecule has 0 bridgehead atoms. The lowest BCUT2D eigenvalue weighted by Gasteiger charge is -2.08. The standard InChI is InChI=1S/C16H10FNO2/c17-15-12(5-1-6-13(15)16(19)20)10-4-2-8-14-11(10)7-3-9-18-14/h1-9H,(H,19,20). The van der Waals surface area contributed by atoms with E-state index in [1.54, 1.807) is 30.5 Å². The van der Waals surface area contributed by atoms with Gasteiger partial charge in [0.2, 0.25) is 0 Å². The van der Waals surface area contributed by atoms with E-state index in [1.807, 2.05) is 12.1 Å². The molecule has 4 heteroatoms. The van der Waals surface area contributed by atoms with Crippen LogP contribution in [0.4, 0.5) is 4.39 Å². The number of rotatable bonds is 2. The third-order valence-electron chi connectivity index (χ3n) is 3.16. The van der Waals surface area contributed by atoms with Crippen molar-refractivity contribution in [2.45, 2.75) is 0 Å². The number of aromatic nitrogens is 1. The first kappa shape index (κ1) is 12.3. The zero-order valence-electron chi connectivity index (χ0n) is 10.4. The van der Waals surface area contributed by atoms with Crippen molar-refractivity contribution in [1.82, 2.24) is 4.98 Å². The van der Waals surface area contributed by atoms with E-state index < -0.39 is 11.8 Å². The largest absolute Gasteiger partial charge is 0.478 e. The predicted molar refractivity (Wildman–Crippen MR) is 74.1 cm³/mol. The fraction of sp³-hybridized carbons (Fsp3) is 0. The van der Waals surface area contributed by atoms with E-state index in [1.165, 1.54) is 12.1 Å². The van der Waals surface area contributed by atoms with Crippen molar-refractivity contribution in [1.29, 1.82) is 0 Å². The zero-order valence-corrected chi connectivity index (χ0v) is 10.4. The van der Waals surface area contributed by atoms with Crippen molar-refractivity contribution in [2.75, 3.05) is 0 Å². The summed E-state index contributed by atoms with van der Waals surface area (Å²) in [5.41, 5.74) is 1.31. The maximum atomic E-state index is 14.3. The molecule has 0 aliphatic carbocycles. The van der Waals surface area contributed by atoms with Gasteiger partial charge in [0.15, 0.2) is 0 Å². The molecule has 3 rings (SSSR count). The van der Waals surface area contributed by atoms with E-state index in [0.717, 1.165) is 10.9 Å². The molecule has 0 unspecified atom stereocenters. The second-order valence-corrected chi connectivity index (χ2v) is 4.35. The van der Waals surface area contributed by atoms with E-state index in [4.69, 9.17) is 5.11 Å². The van der Waals surface area contributed by atoms with Crippen LogP contribution in [0.5, 0.6) is 0 Å². The highest BCUT2D eigenvalue weighted by Gasteiger charge is 2.16. The molecule has 1 heterocycles. The third-order valence-corrected chi connectivity index (χ3v) is 3.16. The molecule has 0 saturated carbocycles. The monoisotopic (exact) mass is 267 g/mol. The van der Waals surface area contributed by atoms with Crippen LogP contribution in [0.15, 0.2) is 54.7 Å². The van der Waals surface area contributed by atoms with Gasteiger partial charge < -0.3 is 5.11 Å². The summed E-state index contributed by atoms with van der Waals surface area (Å²) in [7, 11) is 0. The van der Waals surface area contributed by atoms with Gasteiger partial charge in [0.25, 0.3) is 0 Å². The van der Waals surface area contributed by atoms with Gasteiger partial charge in [-0.3, -0.25) is 4.98 Å². The van der Waals surface area contributed by atoms with Gasteiger partial charge in [0, 0.05) is 17.1 Å². The summed E-state index contributed by atoms with van der Waals surface area (Å²) in [5.74, 6) is -2.00. The first-order valence-electron chi connectivity index (χ1n) is 6.04. The number of aromatic carboxylic acids is 1. The molecule has 0 aliphatic heterocycles. The Bertz CT molecular complexity index is 809. The van der Waals surface area contributed by atoms with E-state index >= 15 is 0 Å². The van der Waals surface area contributed by atoms with Crippen LogP contribution in [0.2, 0.25) is 0 Å². The first-order valence-corrected chi connectivity index (χ1v) is 6.04. The molecule has 0 fully saturated rings. The van der Waals surface area contributed by atoms with Crippen LogP contribution in [0, 0.1) is 5.82 Å². The average Bonchev–Trinajstić information content (AvgIpc) is 2.47. The van der Waals surface area contributed by atoms with E-state index in [9.17, 15) is 9.18 Å². The Morgan fingerprint density at radius 3 is 2.55 bits per heavy atom. The summed E-state index contributed by atoms with van der Waals surface area (Å²) >= 11 is 0. The fourth-order valence-electron chi connectivity index (χ4n) is 2.24. The molecule has 0 saturated heterocycles. The number of carboxylic acids is 1. The summed E-state index contributed by atoms with van der Waals surface area (Å²) in [6.07, 6.45) is 1.66. The van der Waals surface area contributed by atoms with Gasteiger partial charge in [0.1, 0.15) is 5.82 Å². The van der Waals surface area contributed by atoms with Gasteiger partial charge in [-0.25, -0.2) is 9.18 Å². The van der Waals surface area contributed by atoms with Crippen LogP contribution in [-0.2, 0) is 0 Å². The Balaban J connectivity index is 2.32. The Kier molecular flexibility index (Phi) is 2.91. The van der Waals surface area contributed by atoms with Gasteiger partial charge >= 0.3 is 5.97 Å². The molecule has 2 aromatic carbocycles. The van der Waals surface area contributed by atoms with Gasteiger partial charge in [-0.05, 0) is 23.8 Å². The van der Waals surface area contributed by atoms with E-state index in [0.29, 0.717) is 5.56 Å². The molecule has 1 aromatic heterocycles. The highest BCUT2D eigenvalue weighted by atomic mass is 19.1. The quantitative estimate of drug-likeness (QED) is 0.769. The summed E-state index contributed by atoms with van der Waals surface area (Å²) in [5, 5.41) is 9.79. The van der Waals surface area contributed by atoms with Crippen LogP contribution >= 0.6 is 0 Å². The number of nitrogens with zero attached hydrogens (tertiary/aromatic N) is 1. The second-order valence-electron chi connectivity index (χ2n) is 4.35. The summed E-state index contributed by atoms with van der Waals surface area (Å²) in [6.45, 7) is 0. The predicted octanol–water partition coefficient (Wildman–Crippen LogP) is 3.74. The van der Waals surface area contributed by atoms with Crippen molar-refractivity contribution in [3.8, 4) is 11.1 Å². The normalized spacial score (nSPS) is 10.7. The van der Waals surface area contributed by atoms with Crippen molar-refractivity contribution < 1.29 is 14.3 Å². The van der Waals surface area contributed by atoms with Gasteiger partial charge in [0.05, 0.1) is 11.1 Å². The Morgan fingerprint density at radius 1 is 1.00 bits per heavy atom. The molecule has 3 aromatic rings. The topological polar surface area (TPSA) is 50.2 Å². The molecule has 1 N–H and O–H groups in total. The first-order chi connectivity index (χ1) is 9.68. The van der Waals surface area contributed by atoms with Crippen molar-refractivity contribution in [3.63, 3.8) is 0 Å². The number of halogens is 1. The van der Waals surface area contributed by atoms with Crippen LogP contribution in [0.3, 0.4) is 0 Å². The number of fused-ring (bicyclic) bond motifs is 1. The number of benzene rings is 2. The lowest BCUT2D eigenvalue weighted by atomic mass is 9.98. The van der Waals surface area contributed by atoms with Crippen LogP contribution in [0.25, 0.3) is 22.0 Å². The molecular weight excluding hydrogens is 257 g/mol. The molecule has 98 valence electrons. The Hall–Kier alpha value is -2.75. The van der Waals surface area contributed by atoms with Gasteiger partial charge in [-0.15, -0.1) is 0 Å². The molecule has 0 spiro atoms. The lowest BCUT2D eigenvalue weighted by Crippen LogP contribution is -2.01. The van der Waals surface area contributed by atoms with Crippen molar-refractivity contribution in [2.24, 2.45) is 0 Å². The highest BCUT2D eigenvalue weighted by molar-refractivity contribution is 5.97. The Morgan fingerprint density at radius 2 is 1.75 bits per heavy atom. The maximum absolute atomic E-state index is 14.3. The minimum atomic E-state index is -1.28. The highest BCUT2D eigenvalue weighted by Crippen LogP contribution is 2.30. The molecule has 3 nitrogen and oxygen atoms in total. The summed E-state index contributed by atoms with van der Waals surface area (Å²) < 4.78 is 14.3. The number of carboxylic acid groups (broad SMARTS) is 1.